The molecule has 127 heavy (non-hydrogen) atoms. The van der Waals surface area contributed by atoms with Gasteiger partial charge in [0.25, 0.3) is 0 Å². The van der Waals surface area contributed by atoms with E-state index >= 15 is 0 Å². The van der Waals surface area contributed by atoms with Crippen LogP contribution in [0.1, 0.15) is 171 Å². The number of hydrogen-bond donors (Lipinski definition) is 9. The largest absolute Gasteiger partial charge is 0.445 e. The number of aliphatic hydroxyl groups is 1. The second-order valence-electron chi connectivity index (χ2n) is 35.0. The molecule has 0 bridgehead atoms. The average Bonchev–Trinajstić information content (AvgIpc) is 1.67. The molecule has 12 amide bonds. The van der Waals surface area contributed by atoms with E-state index in [9.17, 15) is 57.8 Å². The number of hydrogen-bond acceptors (Lipinski definition) is 21. The van der Waals surface area contributed by atoms with Crippen LogP contribution in [0.15, 0.2) is 103 Å². The van der Waals surface area contributed by atoms with Crippen molar-refractivity contribution in [1.82, 2.24) is 61.6 Å². The van der Waals surface area contributed by atoms with E-state index in [0.29, 0.717) is 67.1 Å². The maximum absolute atomic E-state index is 14.9. The summed E-state index contributed by atoms with van der Waals surface area (Å²) in [6.45, 7) is 27.8. The van der Waals surface area contributed by atoms with Gasteiger partial charge in [-0.1, -0.05) is 180 Å². The number of likely N-dealkylation sites (tertiary alicyclic amines) is 1. The van der Waals surface area contributed by atoms with Crippen LogP contribution in [0.2, 0.25) is 0 Å². The van der Waals surface area contributed by atoms with Crippen LogP contribution >= 0.6 is 0 Å². The van der Waals surface area contributed by atoms with Crippen LogP contribution in [0, 0.1) is 35.0 Å². The highest BCUT2D eigenvalue weighted by molar-refractivity contribution is 6.02. The number of likely N-dealkylation sites (N-methyl/N-ethyl adjacent to an activating group) is 2. The number of ether oxygens (including phenoxy) is 7. The number of aliphatic hydroxyl groups excluding tert-OH is 1. The van der Waals surface area contributed by atoms with Crippen LogP contribution in [-0.4, -0.2) is 255 Å². The molecule has 4 aromatic carbocycles. The van der Waals surface area contributed by atoms with Crippen LogP contribution in [0.3, 0.4) is 0 Å². The van der Waals surface area contributed by atoms with Crippen molar-refractivity contribution >= 4 is 76.7 Å². The number of fused-ring (bicyclic) bond motifs is 5. The van der Waals surface area contributed by atoms with Crippen LogP contribution in [0.25, 0.3) is 22.5 Å². The van der Waals surface area contributed by atoms with Crippen molar-refractivity contribution in [3.63, 3.8) is 0 Å². The molecule has 0 aliphatic carbocycles. The summed E-state index contributed by atoms with van der Waals surface area (Å²) in [6, 6.07) is 24.2. The number of nitrogens with two attached hydrogens (primary N) is 1. The minimum absolute atomic E-state index is 0.00369. The summed E-state index contributed by atoms with van der Waals surface area (Å²) in [5.74, 6) is -5.94. The first-order valence-electron chi connectivity index (χ1n) is 44.4. The van der Waals surface area contributed by atoms with Gasteiger partial charge in [-0.2, -0.15) is 0 Å². The Morgan fingerprint density at radius 2 is 1.24 bits per heavy atom. The predicted molar refractivity (Wildman–Crippen MR) is 481 cm³/mol. The summed E-state index contributed by atoms with van der Waals surface area (Å²) >= 11 is 0. The number of para-hydroxylation sites is 1. The van der Waals surface area contributed by atoms with Gasteiger partial charge in [0.1, 0.15) is 36.5 Å². The van der Waals surface area contributed by atoms with Crippen LogP contribution < -0.4 is 47.9 Å². The number of carbonyl (C=O) groups is 11. The molecule has 1 fully saturated rings. The standard InChI is InChI=1S/C93H139N15O19/c1-18-61(8)82(73(121-16)54-77(112)106-45-27-35-72(106)85(122-17)62(9)86(114)97-63(10)84(113)65-28-20-19-21-29-65)104(14)90(118)79(59(4)5)101-89(117)81(60(6)7)105(15)92(120)127-56-64-36-38-67(39-37-64)98-87(115)70(33-26-43-96-91(94)119)99-88(116)78(58(2)3)100-75(110)42-46-123-48-50-125-52-53-126-51-49-124-47-44-95-74(109)40-41-76(111)107-55-66-30-22-23-31-68(66)83-80(69-32-24-25-34-71(69)107)102-103-108(83)57-93(11,12)13/h19-25,28-32,34,36-39,58-63,70,72-73,78-79,81-82,84-85,113H,18,26-27,33,35,40-57H2,1-17H3,(H,95,109)(H,97,114)(H,98,115)(H,99,116)(H,100,110)(H,101,117)(H3,94,96,119)/t61-,62+,63+,70-,72-,73+,78-,79-,81-,82-,84+,85+/m0/s1. The van der Waals surface area contributed by atoms with Gasteiger partial charge >= 0.3 is 12.1 Å². The first-order chi connectivity index (χ1) is 60.5. The molecule has 700 valence electrons. The molecule has 10 N–H and O–H groups in total. The summed E-state index contributed by atoms with van der Waals surface area (Å²) in [6.07, 6.45) is -1.25. The lowest BCUT2D eigenvalue weighted by Crippen LogP contribution is -2.60. The molecule has 7 rings (SSSR count). The second-order valence-corrected chi connectivity index (χ2v) is 35.0. The fourth-order valence-corrected chi connectivity index (χ4v) is 15.9. The zero-order valence-electron chi connectivity index (χ0n) is 77.2. The van der Waals surface area contributed by atoms with E-state index in [1.54, 1.807) is 114 Å². The van der Waals surface area contributed by atoms with Gasteiger partial charge in [0, 0.05) is 90.6 Å². The molecule has 2 aliphatic rings. The number of benzene rings is 4. The van der Waals surface area contributed by atoms with Crippen molar-refractivity contribution in [3.05, 3.63) is 120 Å². The zero-order chi connectivity index (χ0) is 93.2. The van der Waals surface area contributed by atoms with E-state index < -0.39 is 126 Å². The zero-order valence-corrected chi connectivity index (χ0v) is 77.2. The minimum atomic E-state index is -1.14. The van der Waals surface area contributed by atoms with Gasteiger partial charge in [-0.25, -0.2) is 14.3 Å². The molecule has 12 atom stereocenters. The van der Waals surface area contributed by atoms with E-state index in [-0.39, 0.29) is 146 Å². The molecule has 0 spiro atoms. The monoisotopic (exact) mass is 1770 g/mol. The fraction of sp³-hybridized carbons (Fsp3) is 0.602. The Morgan fingerprint density at radius 1 is 0.622 bits per heavy atom. The van der Waals surface area contributed by atoms with Crippen molar-refractivity contribution in [2.24, 2.45) is 40.7 Å². The molecule has 0 unspecified atom stereocenters. The van der Waals surface area contributed by atoms with Gasteiger partial charge < -0.3 is 95.9 Å². The van der Waals surface area contributed by atoms with Crippen LogP contribution in [0.4, 0.5) is 21.0 Å². The third-order valence-electron chi connectivity index (χ3n) is 23.0. The highest BCUT2D eigenvalue weighted by atomic mass is 16.6. The van der Waals surface area contributed by atoms with Crippen molar-refractivity contribution in [2.75, 3.05) is 111 Å². The van der Waals surface area contributed by atoms with E-state index in [4.69, 9.17) is 38.9 Å². The Labute approximate surface area is 747 Å². The third kappa shape index (κ3) is 31.2. The predicted octanol–water partition coefficient (Wildman–Crippen LogP) is 8.46. The quantitative estimate of drug-likeness (QED) is 0.0165. The van der Waals surface area contributed by atoms with Gasteiger partial charge in [0.15, 0.2) is 0 Å². The molecule has 34 heteroatoms. The van der Waals surface area contributed by atoms with Gasteiger partial charge in [-0.15, -0.1) is 5.10 Å². The lowest BCUT2D eigenvalue weighted by atomic mass is 9.89. The first kappa shape index (κ1) is 104. The average molecular weight is 1770 g/mol. The van der Waals surface area contributed by atoms with E-state index in [2.05, 4.69) is 68.3 Å². The molecule has 0 saturated carbocycles. The Bertz CT molecular complexity index is 4370. The number of urea groups is 1. The van der Waals surface area contributed by atoms with E-state index in [0.717, 1.165) is 22.4 Å². The SMILES string of the molecule is CC[C@H](C)[C@@H]([C@@H](CC(=O)N1CCC[C@H]1[C@H](OC)[C@@H](C)C(=O)N[C@H](C)[C@@H](O)c1ccccc1)OC)N(C)C(=O)[C@@H](NC(=O)[C@H](C(C)C)N(C)C(=O)OCc1ccc(NC(=O)[C@H](CCCNC(N)=O)NC(=O)[C@@H](NC(=O)CCOCCOCCOCCOCCNC(=O)CCC(=O)N2Cc3ccccc3-c3c(nnn3CC(C)(C)C)-c3ccccc32)C(C)C)cc1)C(C)C. The highest BCUT2D eigenvalue weighted by Crippen LogP contribution is 2.42. The number of nitrogens with one attached hydrogen (secondary N) is 7. The Kier molecular flexibility index (Phi) is 42.0. The number of aromatic nitrogens is 3. The highest BCUT2D eigenvalue weighted by Gasteiger charge is 2.45. The van der Waals surface area contributed by atoms with E-state index in [1.807, 2.05) is 85.3 Å². The first-order valence-corrected chi connectivity index (χ1v) is 44.4. The minimum Gasteiger partial charge on any atom is -0.445 e. The second kappa shape index (κ2) is 51.5. The third-order valence-corrected chi connectivity index (χ3v) is 23.0. The van der Waals surface area contributed by atoms with Gasteiger partial charge in [-0.3, -0.25) is 48.1 Å². The molecule has 0 radical (unpaired) electrons. The summed E-state index contributed by atoms with van der Waals surface area (Å²) in [5.41, 5.74) is 11.7. The molecule has 2 aliphatic heterocycles. The lowest BCUT2D eigenvalue weighted by Gasteiger charge is -2.41. The maximum atomic E-state index is 14.9. The smallest absolute Gasteiger partial charge is 0.410 e. The molecular formula is C93H139N15O19. The maximum Gasteiger partial charge on any atom is 0.410 e. The summed E-state index contributed by atoms with van der Waals surface area (Å²) < 4.78 is 42.3. The molecule has 3 heterocycles. The lowest BCUT2D eigenvalue weighted by molar-refractivity contribution is -0.148. The number of nitrogens with zero attached hydrogens (tertiary/aromatic N) is 7. The number of rotatable bonds is 51. The summed E-state index contributed by atoms with van der Waals surface area (Å²) in [4.78, 5) is 157. The van der Waals surface area contributed by atoms with Crippen molar-refractivity contribution < 1.29 is 91.0 Å². The molecule has 1 aromatic heterocycles. The van der Waals surface area contributed by atoms with Gasteiger partial charge in [0.2, 0.25) is 53.2 Å². The van der Waals surface area contributed by atoms with Crippen LogP contribution in [0.5, 0.6) is 0 Å². The summed E-state index contributed by atoms with van der Waals surface area (Å²) in [7, 11) is 6.08. The van der Waals surface area contributed by atoms with Crippen LogP contribution in [-0.2, 0) is 96.0 Å². The number of amides is 12. The topological polar surface area (TPSA) is 427 Å². The molecule has 5 aromatic rings. The van der Waals surface area contributed by atoms with Crippen molar-refractivity contribution in [1.29, 1.82) is 0 Å². The molecule has 1 saturated heterocycles. The summed E-state index contributed by atoms with van der Waals surface area (Å²) in [5, 5.41) is 39.8. The number of carbonyl (C=O) groups excluding carboxylic acids is 11. The number of anilines is 2. The number of primary amides is 1. The van der Waals surface area contributed by atoms with Crippen molar-refractivity contribution in [3.8, 4) is 22.5 Å². The van der Waals surface area contributed by atoms with Gasteiger partial charge in [0.05, 0.1) is 120 Å². The number of methoxy groups -OCH3 is 2. The van der Waals surface area contributed by atoms with Crippen molar-refractivity contribution in [2.45, 2.75) is 228 Å². The normalized spacial score (nSPS) is 15.8. The van der Waals surface area contributed by atoms with E-state index in [1.165, 1.54) is 26.2 Å². The molecular weight excluding hydrogens is 1630 g/mol. The van der Waals surface area contributed by atoms with Gasteiger partial charge in [-0.05, 0) is 96.6 Å². The Morgan fingerprint density at radius 3 is 1.86 bits per heavy atom. The molecule has 34 nitrogen and oxygen atoms in total. The Hall–Kier alpha value is -10.5. The fourth-order valence-electron chi connectivity index (χ4n) is 15.9. The Balaban J connectivity index is 0.796.